The largest absolute Gasteiger partial charge is 0.317 e. The molecule has 2 N–H and O–H groups in total. The van der Waals surface area contributed by atoms with Crippen LogP contribution in [0.4, 0.5) is 0 Å². The van der Waals surface area contributed by atoms with Gasteiger partial charge in [0.15, 0.2) is 0 Å². The molecule has 3 heterocycles. The Kier molecular flexibility index (Phi) is 6.40. The smallest absolute Gasteiger partial charge is 0.00482 e. The summed E-state index contributed by atoms with van der Waals surface area (Å²) in [6.07, 6.45) is 5.60. The highest BCUT2D eigenvalue weighted by molar-refractivity contribution is 5.85. The zero-order chi connectivity index (χ0) is 11.8. The van der Waals surface area contributed by atoms with Crippen LogP contribution in [0.5, 0.6) is 0 Å². The van der Waals surface area contributed by atoms with Crippen LogP contribution in [0.2, 0.25) is 0 Å². The minimum atomic E-state index is 0. The lowest BCUT2D eigenvalue weighted by atomic mass is 9.78. The first-order valence-corrected chi connectivity index (χ1v) is 7.34. The Labute approximate surface area is 130 Å². The summed E-state index contributed by atoms with van der Waals surface area (Å²) in [5, 5.41) is 7.02. The fourth-order valence-electron chi connectivity index (χ4n) is 4.07. The van der Waals surface area contributed by atoms with Crippen LogP contribution >= 0.6 is 24.8 Å². The quantitative estimate of drug-likeness (QED) is 0.816. The Morgan fingerprint density at radius 2 is 1.63 bits per heavy atom. The molecule has 1 unspecified atom stereocenters. The summed E-state index contributed by atoms with van der Waals surface area (Å²) in [4.78, 5) is 2.75. The topological polar surface area (TPSA) is 27.3 Å². The molecule has 0 aromatic carbocycles. The van der Waals surface area contributed by atoms with Crippen LogP contribution in [0, 0.1) is 10.8 Å². The van der Waals surface area contributed by atoms with Gasteiger partial charge in [-0.1, -0.05) is 6.92 Å². The third-order valence-electron chi connectivity index (χ3n) is 5.24. The average Bonchev–Trinajstić information content (AvgIpc) is 2.89. The van der Waals surface area contributed by atoms with E-state index in [9.17, 15) is 0 Å². The summed E-state index contributed by atoms with van der Waals surface area (Å²) in [5.74, 6) is 0. The molecule has 3 nitrogen and oxygen atoms in total. The molecular formula is C14H29Cl2N3. The number of halogens is 2. The van der Waals surface area contributed by atoms with Gasteiger partial charge in [0.2, 0.25) is 0 Å². The molecule has 1 atom stereocenters. The highest BCUT2D eigenvalue weighted by atomic mass is 35.5. The van der Waals surface area contributed by atoms with E-state index >= 15 is 0 Å². The van der Waals surface area contributed by atoms with Crippen molar-refractivity contribution in [3.63, 3.8) is 0 Å². The van der Waals surface area contributed by atoms with Crippen LogP contribution in [0.3, 0.4) is 0 Å². The fraction of sp³-hybridized carbons (Fsp3) is 1.00. The molecule has 3 rings (SSSR count). The number of piperidine rings is 1. The number of rotatable bonds is 2. The summed E-state index contributed by atoms with van der Waals surface area (Å²) in [6.45, 7) is 11.4. The molecule has 0 aliphatic carbocycles. The van der Waals surface area contributed by atoms with Crippen molar-refractivity contribution in [1.29, 1.82) is 0 Å². The van der Waals surface area contributed by atoms with Crippen molar-refractivity contribution in [3.05, 3.63) is 0 Å². The highest BCUT2D eigenvalue weighted by Crippen LogP contribution is 2.40. The predicted molar refractivity (Wildman–Crippen MR) is 85.7 cm³/mol. The van der Waals surface area contributed by atoms with Crippen LogP contribution in [0.25, 0.3) is 0 Å². The Hall–Kier alpha value is 0.460. The lowest BCUT2D eigenvalue weighted by molar-refractivity contribution is 0.161. The maximum Gasteiger partial charge on any atom is 0.00482 e. The summed E-state index contributed by atoms with van der Waals surface area (Å²) < 4.78 is 0. The lowest BCUT2D eigenvalue weighted by Crippen LogP contribution is -2.41. The van der Waals surface area contributed by atoms with Gasteiger partial charge in [0, 0.05) is 19.6 Å². The molecule has 19 heavy (non-hydrogen) atoms. The summed E-state index contributed by atoms with van der Waals surface area (Å²) in [6, 6.07) is 0. The minimum Gasteiger partial charge on any atom is -0.317 e. The van der Waals surface area contributed by atoms with Gasteiger partial charge in [-0.2, -0.15) is 0 Å². The van der Waals surface area contributed by atoms with Gasteiger partial charge in [0.05, 0.1) is 0 Å². The van der Waals surface area contributed by atoms with Gasteiger partial charge in [0.25, 0.3) is 0 Å². The molecule has 3 aliphatic heterocycles. The molecule has 0 radical (unpaired) electrons. The van der Waals surface area contributed by atoms with E-state index in [2.05, 4.69) is 22.5 Å². The van der Waals surface area contributed by atoms with E-state index in [1.165, 1.54) is 71.5 Å². The molecule has 114 valence electrons. The molecule has 0 amide bonds. The van der Waals surface area contributed by atoms with Gasteiger partial charge >= 0.3 is 0 Å². The van der Waals surface area contributed by atoms with Crippen LogP contribution in [-0.2, 0) is 0 Å². The van der Waals surface area contributed by atoms with Crippen molar-refractivity contribution >= 4 is 24.8 Å². The van der Waals surface area contributed by atoms with Gasteiger partial charge in [-0.3, -0.25) is 0 Å². The highest BCUT2D eigenvalue weighted by Gasteiger charge is 2.41. The molecule has 3 saturated heterocycles. The molecule has 3 fully saturated rings. The van der Waals surface area contributed by atoms with Crippen molar-refractivity contribution in [1.82, 2.24) is 15.5 Å². The molecule has 5 heteroatoms. The molecule has 1 spiro atoms. The van der Waals surface area contributed by atoms with Crippen molar-refractivity contribution < 1.29 is 0 Å². The second-order valence-corrected chi connectivity index (χ2v) is 6.95. The predicted octanol–water partition coefficient (Wildman–Crippen LogP) is 1.91. The van der Waals surface area contributed by atoms with Gasteiger partial charge in [-0.15, -0.1) is 24.8 Å². The van der Waals surface area contributed by atoms with Gasteiger partial charge in [0.1, 0.15) is 0 Å². The van der Waals surface area contributed by atoms with E-state index in [-0.39, 0.29) is 24.8 Å². The number of nitrogens with one attached hydrogen (secondary N) is 2. The first kappa shape index (κ1) is 17.5. The molecule has 0 saturated carbocycles. The summed E-state index contributed by atoms with van der Waals surface area (Å²) >= 11 is 0. The third-order valence-corrected chi connectivity index (χ3v) is 5.24. The Balaban J connectivity index is 0.000000902. The monoisotopic (exact) mass is 309 g/mol. The molecular weight excluding hydrogens is 281 g/mol. The number of nitrogens with zero attached hydrogens (tertiary/aromatic N) is 1. The Morgan fingerprint density at radius 1 is 0.947 bits per heavy atom. The normalized spacial score (nSPS) is 33.9. The van der Waals surface area contributed by atoms with E-state index in [4.69, 9.17) is 0 Å². The lowest BCUT2D eigenvalue weighted by Gasteiger charge is -2.35. The van der Waals surface area contributed by atoms with E-state index in [1.807, 2.05) is 0 Å². The number of hydrogen-bond acceptors (Lipinski definition) is 3. The number of likely N-dealkylation sites (tertiary alicyclic amines) is 1. The molecule has 3 aliphatic rings. The van der Waals surface area contributed by atoms with Crippen molar-refractivity contribution in [2.45, 2.75) is 32.6 Å². The molecule has 0 aromatic rings. The van der Waals surface area contributed by atoms with Crippen molar-refractivity contribution in [2.75, 3.05) is 45.8 Å². The van der Waals surface area contributed by atoms with Crippen molar-refractivity contribution in [3.8, 4) is 0 Å². The van der Waals surface area contributed by atoms with Crippen LogP contribution < -0.4 is 10.6 Å². The van der Waals surface area contributed by atoms with Crippen LogP contribution in [0.1, 0.15) is 32.6 Å². The maximum atomic E-state index is 3.52. The Bertz CT molecular complexity index is 274. The van der Waals surface area contributed by atoms with Gasteiger partial charge in [-0.25, -0.2) is 0 Å². The Morgan fingerprint density at radius 3 is 2.26 bits per heavy atom. The third kappa shape index (κ3) is 3.98. The van der Waals surface area contributed by atoms with Crippen molar-refractivity contribution in [2.24, 2.45) is 10.8 Å². The first-order valence-electron chi connectivity index (χ1n) is 7.34. The van der Waals surface area contributed by atoms with E-state index in [0.29, 0.717) is 10.8 Å². The summed E-state index contributed by atoms with van der Waals surface area (Å²) in [5.41, 5.74) is 1.21. The zero-order valence-corrected chi connectivity index (χ0v) is 13.7. The number of hydrogen-bond donors (Lipinski definition) is 2. The SMILES string of the molecule is CC1(CN2CCC3(CCNCC3)C2)CCNC1.Cl.Cl. The van der Waals surface area contributed by atoms with E-state index in [0.717, 1.165) is 0 Å². The van der Waals surface area contributed by atoms with E-state index < -0.39 is 0 Å². The fourth-order valence-corrected chi connectivity index (χ4v) is 4.07. The van der Waals surface area contributed by atoms with Gasteiger partial charge < -0.3 is 15.5 Å². The van der Waals surface area contributed by atoms with Gasteiger partial charge in [-0.05, 0) is 62.7 Å². The first-order chi connectivity index (χ1) is 8.20. The molecule has 0 aromatic heterocycles. The second-order valence-electron chi connectivity index (χ2n) is 6.95. The van der Waals surface area contributed by atoms with Crippen LogP contribution in [0.15, 0.2) is 0 Å². The zero-order valence-electron chi connectivity index (χ0n) is 12.0. The molecule has 0 bridgehead atoms. The maximum absolute atomic E-state index is 3.52. The average molecular weight is 310 g/mol. The van der Waals surface area contributed by atoms with E-state index in [1.54, 1.807) is 0 Å². The minimum absolute atomic E-state index is 0. The standard InChI is InChI=1S/C14H27N3.2ClH/c1-13(2-6-16-10-13)11-17-9-5-14(12-17)3-7-15-8-4-14;;/h15-16H,2-12H2,1H3;2*1H. The second kappa shape index (κ2) is 6.95. The summed E-state index contributed by atoms with van der Waals surface area (Å²) in [7, 11) is 0. The van der Waals surface area contributed by atoms with Crippen LogP contribution in [-0.4, -0.2) is 50.7 Å².